The summed E-state index contributed by atoms with van der Waals surface area (Å²) >= 11 is 0. The van der Waals surface area contributed by atoms with Gasteiger partial charge in [-0.3, -0.25) is 0 Å². The molecule has 0 aromatic rings. The van der Waals surface area contributed by atoms with Crippen molar-refractivity contribution in [3.63, 3.8) is 0 Å². The van der Waals surface area contributed by atoms with Crippen molar-refractivity contribution in [1.82, 2.24) is 5.32 Å². The number of nitrogens with one attached hydrogen (secondary N) is 1. The van der Waals surface area contributed by atoms with Gasteiger partial charge in [0.2, 0.25) is 0 Å². The Morgan fingerprint density at radius 1 is 1.15 bits per heavy atom. The Morgan fingerprint density at radius 3 is 2.46 bits per heavy atom. The standard InChI is InChI=1S/C11H25NO/c1-4-6-9-13-10-7-8-11(3)12-5-2/h11-12H,4-10H2,1-3H3. The van der Waals surface area contributed by atoms with E-state index >= 15 is 0 Å². The molecule has 2 heteroatoms. The quantitative estimate of drug-likeness (QED) is 0.560. The van der Waals surface area contributed by atoms with Crippen LogP contribution in [0.5, 0.6) is 0 Å². The Hall–Kier alpha value is -0.0800. The second-order valence-corrected chi connectivity index (χ2v) is 3.57. The van der Waals surface area contributed by atoms with Crippen molar-refractivity contribution >= 4 is 0 Å². The molecule has 0 aliphatic rings. The second-order valence-electron chi connectivity index (χ2n) is 3.57. The van der Waals surface area contributed by atoms with Crippen LogP contribution in [0.4, 0.5) is 0 Å². The van der Waals surface area contributed by atoms with Crippen molar-refractivity contribution in [1.29, 1.82) is 0 Å². The molecule has 0 saturated heterocycles. The molecule has 1 N–H and O–H groups in total. The van der Waals surface area contributed by atoms with Crippen molar-refractivity contribution in [3.8, 4) is 0 Å². The molecule has 0 rings (SSSR count). The van der Waals surface area contributed by atoms with Gasteiger partial charge in [0.15, 0.2) is 0 Å². The second kappa shape index (κ2) is 10.0. The molecule has 0 amide bonds. The van der Waals surface area contributed by atoms with Gasteiger partial charge in [0, 0.05) is 19.3 Å². The van der Waals surface area contributed by atoms with Crippen LogP contribution >= 0.6 is 0 Å². The van der Waals surface area contributed by atoms with Gasteiger partial charge in [-0.2, -0.15) is 0 Å². The van der Waals surface area contributed by atoms with Crippen molar-refractivity contribution in [2.45, 2.75) is 52.5 Å². The summed E-state index contributed by atoms with van der Waals surface area (Å²) in [6.45, 7) is 9.50. The fraction of sp³-hybridized carbons (Fsp3) is 1.00. The molecule has 0 radical (unpaired) electrons. The third-order valence-corrected chi connectivity index (χ3v) is 2.12. The van der Waals surface area contributed by atoms with E-state index in [1.807, 2.05) is 0 Å². The van der Waals surface area contributed by atoms with Gasteiger partial charge in [-0.15, -0.1) is 0 Å². The molecule has 0 fully saturated rings. The van der Waals surface area contributed by atoms with Crippen LogP contribution < -0.4 is 5.32 Å². The van der Waals surface area contributed by atoms with Gasteiger partial charge in [0.25, 0.3) is 0 Å². The van der Waals surface area contributed by atoms with Gasteiger partial charge >= 0.3 is 0 Å². The molecule has 0 bridgehead atoms. The van der Waals surface area contributed by atoms with E-state index in [1.54, 1.807) is 0 Å². The lowest BCUT2D eigenvalue weighted by molar-refractivity contribution is 0.125. The van der Waals surface area contributed by atoms with E-state index in [9.17, 15) is 0 Å². The first-order valence-corrected chi connectivity index (χ1v) is 5.62. The topological polar surface area (TPSA) is 21.3 Å². The van der Waals surface area contributed by atoms with Crippen molar-refractivity contribution in [2.75, 3.05) is 19.8 Å². The van der Waals surface area contributed by atoms with Gasteiger partial charge in [-0.25, -0.2) is 0 Å². The van der Waals surface area contributed by atoms with Crippen molar-refractivity contribution in [2.24, 2.45) is 0 Å². The zero-order chi connectivity index (χ0) is 9.94. The summed E-state index contributed by atoms with van der Waals surface area (Å²) < 4.78 is 5.47. The van der Waals surface area contributed by atoms with Crippen LogP contribution in [-0.4, -0.2) is 25.8 Å². The van der Waals surface area contributed by atoms with E-state index < -0.39 is 0 Å². The molecule has 0 aliphatic heterocycles. The molecule has 0 heterocycles. The minimum atomic E-state index is 0.639. The monoisotopic (exact) mass is 187 g/mol. The average Bonchev–Trinajstić information content (AvgIpc) is 2.11. The molecule has 0 saturated carbocycles. The molecule has 1 unspecified atom stereocenters. The van der Waals surface area contributed by atoms with Gasteiger partial charge in [-0.05, 0) is 32.7 Å². The van der Waals surface area contributed by atoms with Gasteiger partial charge < -0.3 is 10.1 Å². The highest BCUT2D eigenvalue weighted by Gasteiger charge is 1.98. The van der Waals surface area contributed by atoms with E-state index in [0.717, 1.165) is 19.8 Å². The summed E-state index contributed by atoms with van der Waals surface area (Å²) in [6, 6.07) is 0.639. The minimum absolute atomic E-state index is 0.639. The summed E-state index contributed by atoms with van der Waals surface area (Å²) in [5, 5.41) is 3.39. The van der Waals surface area contributed by atoms with Gasteiger partial charge in [0.1, 0.15) is 0 Å². The lowest BCUT2D eigenvalue weighted by Crippen LogP contribution is -2.25. The van der Waals surface area contributed by atoms with Crippen LogP contribution in [-0.2, 0) is 4.74 Å². The van der Waals surface area contributed by atoms with Crippen LogP contribution in [0.1, 0.15) is 46.5 Å². The lowest BCUT2D eigenvalue weighted by Gasteiger charge is -2.11. The first-order valence-electron chi connectivity index (χ1n) is 5.62. The van der Waals surface area contributed by atoms with Gasteiger partial charge in [-0.1, -0.05) is 20.3 Å². The predicted octanol–water partition coefficient (Wildman–Crippen LogP) is 2.58. The summed E-state index contributed by atoms with van der Waals surface area (Å²) in [4.78, 5) is 0. The molecular formula is C11H25NO. The van der Waals surface area contributed by atoms with Crippen LogP contribution in [0.2, 0.25) is 0 Å². The van der Waals surface area contributed by atoms with Crippen LogP contribution in [0.3, 0.4) is 0 Å². The SMILES string of the molecule is CCCCOCCCC(C)NCC. The zero-order valence-electron chi connectivity index (χ0n) is 9.44. The molecule has 80 valence electrons. The maximum Gasteiger partial charge on any atom is 0.0466 e. The highest BCUT2D eigenvalue weighted by molar-refractivity contribution is 4.58. The maximum absolute atomic E-state index is 5.47. The summed E-state index contributed by atoms with van der Waals surface area (Å²) in [5.41, 5.74) is 0. The highest BCUT2D eigenvalue weighted by Crippen LogP contribution is 1.97. The van der Waals surface area contributed by atoms with E-state index in [2.05, 4.69) is 26.1 Å². The molecule has 1 atom stereocenters. The maximum atomic E-state index is 5.47. The molecule has 2 nitrogen and oxygen atoms in total. The van der Waals surface area contributed by atoms with E-state index in [1.165, 1.54) is 25.7 Å². The molecule has 0 spiro atoms. The fourth-order valence-corrected chi connectivity index (χ4v) is 1.29. The Labute approximate surface area is 83.1 Å². The summed E-state index contributed by atoms with van der Waals surface area (Å²) in [6.07, 6.45) is 4.83. The van der Waals surface area contributed by atoms with Crippen molar-refractivity contribution in [3.05, 3.63) is 0 Å². The average molecular weight is 187 g/mol. The first kappa shape index (κ1) is 12.9. The smallest absolute Gasteiger partial charge is 0.0466 e. The first-order chi connectivity index (χ1) is 6.31. The summed E-state index contributed by atoms with van der Waals surface area (Å²) in [7, 11) is 0. The Morgan fingerprint density at radius 2 is 1.85 bits per heavy atom. The van der Waals surface area contributed by atoms with E-state index in [-0.39, 0.29) is 0 Å². The predicted molar refractivity (Wildman–Crippen MR) is 58.1 cm³/mol. The largest absolute Gasteiger partial charge is 0.381 e. The number of rotatable bonds is 9. The molecule has 0 aromatic heterocycles. The molecule has 13 heavy (non-hydrogen) atoms. The lowest BCUT2D eigenvalue weighted by atomic mass is 10.2. The number of hydrogen-bond acceptors (Lipinski definition) is 2. The summed E-state index contributed by atoms with van der Waals surface area (Å²) in [5.74, 6) is 0. The fourth-order valence-electron chi connectivity index (χ4n) is 1.29. The Kier molecular flexibility index (Phi) is 9.94. The molecule has 0 aliphatic carbocycles. The van der Waals surface area contributed by atoms with Crippen molar-refractivity contribution < 1.29 is 4.74 Å². The minimum Gasteiger partial charge on any atom is -0.381 e. The number of hydrogen-bond donors (Lipinski definition) is 1. The molecule has 0 aromatic carbocycles. The normalized spacial score (nSPS) is 13.2. The van der Waals surface area contributed by atoms with Crippen LogP contribution in [0, 0.1) is 0 Å². The van der Waals surface area contributed by atoms with Gasteiger partial charge in [0.05, 0.1) is 0 Å². The third-order valence-electron chi connectivity index (χ3n) is 2.12. The number of ether oxygens (including phenoxy) is 1. The van der Waals surface area contributed by atoms with Crippen LogP contribution in [0.25, 0.3) is 0 Å². The zero-order valence-corrected chi connectivity index (χ0v) is 9.44. The molecular weight excluding hydrogens is 162 g/mol. The Balaban J connectivity index is 2.97. The highest BCUT2D eigenvalue weighted by atomic mass is 16.5. The number of unbranched alkanes of at least 4 members (excludes halogenated alkanes) is 1. The van der Waals surface area contributed by atoms with E-state index in [0.29, 0.717) is 6.04 Å². The Bertz CT molecular complexity index is 96.1. The third kappa shape index (κ3) is 9.84. The van der Waals surface area contributed by atoms with E-state index in [4.69, 9.17) is 4.74 Å². The van der Waals surface area contributed by atoms with Crippen LogP contribution in [0.15, 0.2) is 0 Å².